The number of anilines is 1. The van der Waals surface area contributed by atoms with E-state index in [1.165, 1.54) is 12.1 Å². The van der Waals surface area contributed by atoms with Crippen LogP contribution in [0.3, 0.4) is 0 Å². The summed E-state index contributed by atoms with van der Waals surface area (Å²) >= 11 is 0. The summed E-state index contributed by atoms with van der Waals surface area (Å²) in [5.74, 6) is -0.263. The highest BCUT2D eigenvalue weighted by Crippen LogP contribution is 2.28. The summed E-state index contributed by atoms with van der Waals surface area (Å²) in [6.07, 6.45) is 0.243. The summed E-state index contributed by atoms with van der Waals surface area (Å²) in [7, 11) is 0. The molecule has 20 heteroatoms. The van der Waals surface area contributed by atoms with E-state index in [4.69, 9.17) is 56.8 Å². The van der Waals surface area contributed by atoms with Crippen molar-refractivity contribution in [3.63, 3.8) is 0 Å². The zero-order chi connectivity index (χ0) is 38.5. The second-order valence-electron chi connectivity index (χ2n) is 10.4. The van der Waals surface area contributed by atoms with Gasteiger partial charge in [-0.15, -0.1) is 0 Å². The van der Waals surface area contributed by atoms with Crippen molar-refractivity contribution < 1.29 is 71.5 Å². The van der Waals surface area contributed by atoms with Gasteiger partial charge in [0.25, 0.3) is 11.4 Å². The van der Waals surface area contributed by atoms with Gasteiger partial charge in [0.15, 0.2) is 0 Å². The predicted molar refractivity (Wildman–Crippen MR) is 188 cm³/mol. The molecular weight excluding hydrogens is 710 g/mol. The van der Waals surface area contributed by atoms with Crippen LogP contribution in [-0.2, 0) is 61.6 Å². The van der Waals surface area contributed by atoms with E-state index in [9.17, 15) is 25.0 Å². The van der Waals surface area contributed by atoms with Crippen LogP contribution in [0.2, 0.25) is 0 Å². The molecule has 1 aromatic rings. The minimum Gasteiger partial charge on any atom is -0.466 e. The molecule has 1 aromatic carbocycles. The van der Waals surface area contributed by atoms with Gasteiger partial charge in [0.2, 0.25) is 0 Å². The van der Waals surface area contributed by atoms with Crippen molar-refractivity contribution in [3.8, 4) is 0 Å². The first-order valence-corrected chi connectivity index (χ1v) is 17.6. The molecule has 1 N–H and O–H groups in total. The Morgan fingerprint density at radius 2 is 0.868 bits per heavy atom. The Labute approximate surface area is 310 Å². The average Bonchev–Trinajstić information content (AvgIpc) is 3.14. The number of carbonyl (C=O) groups excluding carboxylic acids is 1. The Kier molecular flexibility index (Phi) is 32.4. The average molecular weight is 768 g/mol. The lowest BCUT2D eigenvalue weighted by atomic mass is 10.2. The number of rotatable bonds is 40. The van der Waals surface area contributed by atoms with Gasteiger partial charge in [0, 0.05) is 12.6 Å². The van der Waals surface area contributed by atoms with Gasteiger partial charge in [0.1, 0.15) is 5.69 Å². The van der Waals surface area contributed by atoms with Gasteiger partial charge < -0.3 is 62.2 Å². The molecule has 0 saturated heterocycles. The number of carbonyl (C=O) groups is 1. The third-order valence-corrected chi connectivity index (χ3v) is 6.43. The molecule has 0 heterocycles. The molecule has 0 aliphatic heterocycles. The van der Waals surface area contributed by atoms with Crippen LogP contribution in [0.25, 0.3) is 0 Å². The lowest BCUT2D eigenvalue weighted by Crippen LogP contribution is -2.16. The second kappa shape index (κ2) is 35.9. The van der Waals surface area contributed by atoms with Crippen molar-refractivity contribution in [3.05, 3.63) is 38.4 Å². The topological polar surface area (TPSA) is 226 Å². The minimum atomic E-state index is -0.684. The van der Waals surface area contributed by atoms with Gasteiger partial charge in [-0.3, -0.25) is 25.0 Å². The van der Waals surface area contributed by atoms with Gasteiger partial charge in [-0.25, -0.2) is 0 Å². The van der Waals surface area contributed by atoms with E-state index in [1.807, 2.05) is 0 Å². The molecule has 20 nitrogen and oxygen atoms in total. The van der Waals surface area contributed by atoms with Crippen LogP contribution >= 0.6 is 0 Å². The fourth-order valence-corrected chi connectivity index (χ4v) is 3.88. The molecule has 0 aromatic heterocycles. The van der Waals surface area contributed by atoms with Crippen LogP contribution in [0.15, 0.2) is 18.2 Å². The van der Waals surface area contributed by atoms with Crippen molar-refractivity contribution in [1.29, 1.82) is 0 Å². The highest BCUT2D eigenvalue weighted by molar-refractivity contribution is 5.69. The Morgan fingerprint density at radius 3 is 1.19 bits per heavy atom. The highest BCUT2D eigenvalue weighted by atomic mass is 16.6. The molecule has 0 unspecified atom stereocenters. The molecule has 0 radical (unpaired) electrons. The smallest absolute Gasteiger partial charge is 0.308 e. The van der Waals surface area contributed by atoms with Crippen LogP contribution in [0.5, 0.6) is 0 Å². The van der Waals surface area contributed by atoms with Crippen molar-refractivity contribution in [1.82, 2.24) is 0 Å². The van der Waals surface area contributed by atoms with E-state index in [-0.39, 0.29) is 42.6 Å². The summed E-state index contributed by atoms with van der Waals surface area (Å²) in [6, 6.07) is 3.42. The Bertz CT molecular complexity index is 1060. The Morgan fingerprint density at radius 1 is 0.528 bits per heavy atom. The normalized spacial score (nSPS) is 11.2. The zero-order valence-corrected chi connectivity index (χ0v) is 30.7. The van der Waals surface area contributed by atoms with Crippen LogP contribution < -0.4 is 5.32 Å². The predicted octanol–water partition coefficient (Wildman–Crippen LogP) is 2.05. The molecule has 306 valence electrons. The van der Waals surface area contributed by atoms with Crippen molar-refractivity contribution in [2.45, 2.75) is 13.3 Å². The molecule has 0 atom stereocenters. The number of nitro groups is 2. The number of nitro benzene ring substituents is 2. The molecule has 0 bridgehead atoms. The van der Waals surface area contributed by atoms with E-state index in [2.05, 4.69) is 5.32 Å². The number of nitrogens with one attached hydrogen (secondary N) is 1. The fourth-order valence-electron chi connectivity index (χ4n) is 3.88. The van der Waals surface area contributed by atoms with Gasteiger partial charge in [-0.1, -0.05) is 0 Å². The molecular formula is C33H57N3O17. The summed E-state index contributed by atoms with van der Waals surface area (Å²) in [6.45, 7) is 11.8. The fraction of sp³-hybridized carbons (Fsp3) is 0.788. The summed E-state index contributed by atoms with van der Waals surface area (Å²) in [4.78, 5) is 31.8. The minimum absolute atomic E-state index is 0.182. The van der Waals surface area contributed by atoms with Gasteiger partial charge in [-0.2, -0.15) is 0 Å². The maximum atomic E-state index is 11.2. The number of hydrogen-bond acceptors (Lipinski definition) is 18. The van der Waals surface area contributed by atoms with E-state index >= 15 is 0 Å². The number of nitrogens with zero attached hydrogens (tertiary/aromatic N) is 2. The Balaban J connectivity index is 1.71. The first-order valence-electron chi connectivity index (χ1n) is 17.6. The SMILES string of the molecule is CCOC(=O)CCOCCOCCOCCOCCOCCOCCOCCOCCOCCOCCOCCNc1ccc([N+](=O)[O-])cc1[N+](=O)[O-]. The molecule has 53 heavy (non-hydrogen) atoms. The van der Waals surface area contributed by atoms with Crippen molar-refractivity contribution in [2.24, 2.45) is 0 Å². The maximum absolute atomic E-state index is 11.2. The van der Waals surface area contributed by atoms with E-state index in [0.29, 0.717) is 145 Å². The summed E-state index contributed by atoms with van der Waals surface area (Å²) < 4.78 is 64.5. The standard InChI is InChI=1S/C33H57N3O17/c1-2-53-33(37)5-7-42-9-11-44-13-15-46-17-19-48-21-23-50-25-27-52-28-26-51-24-22-49-20-18-47-16-14-45-12-10-43-8-6-34-31-4-3-30(35(38)39)29-32(31)36(40)41/h3-4,29,34H,2,5-28H2,1H3. The number of benzene rings is 1. The van der Waals surface area contributed by atoms with Crippen molar-refractivity contribution >= 4 is 23.0 Å². The van der Waals surface area contributed by atoms with Gasteiger partial charge >= 0.3 is 5.97 Å². The monoisotopic (exact) mass is 767 g/mol. The van der Waals surface area contributed by atoms with Crippen LogP contribution in [0, 0.1) is 20.2 Å². The molecule has 0 spiro atoms. The number of hydrogen-bond donors (Lipinski definition) is 1. The van der Waals surface area contributed by atoms with E-state index in [1.54, 1.807) is 6.92 Å². The van der Waals surface area contributed by atoms with Gasteiger partial charge in [-0.05, 0) is 13.0 Å². The number of non-ortho nitro benzene ring substituents is 1. The number of ether oxygens (including phenoxy) is 12. The zero-order valence-electron chi connectivity index (χ0n) is 30.7. The van der Waals surface area contributed by atoms with E-state index in [0.717, 1.165) is 6.07 Å². The summed E-state index contributed by atoms with van der Waals surface area (Å²) in [5, 5.41) is 24.8. The molecule has 0 saturated carbocycles. The first kappa shape index (κ1) is 47.9. The molecule has 0 aliphatic rings. The first-order chi connectivity index (χ1) is 26.0. The largest absolute Gasteiger partial charge is 0.466 e. The molecule has 1 rings (SSSR count). The van der Waals surface area contributed by atoms with Crippen LogP contribution in [0.4, 0.5) is 17.1 Å². The lowest BCUT2D eigenvalue weighted by Gasteiger charge is -2.09. The Hall–Kier alpha value is -3.15. The molecule has 0 fully saturated rings. The quantitative estimate of drug-likeness (QED) is 0.0436. The van der Waals surface area contributed by atoms with Crippen LogP contribution in [-0.4, -0.2) is 174 Å². The highest BCUT2D eigenvalue weighted by Gasteiger charge is 2.19. The third-order valence-electron chi connectivity index (χ3n) is 6.43. The van der Waals surface area contributed by atoms with Crippen LogP contribution in [0.1, 0.15) is 13.3 Å². The molecule has 0 amide bonds. The third kappa shape index (κ3) is 29.9. The maximum Gasteiger partial charge on any atom is 0.308 e. The van der Waals surface area contributed by atoms with Crippen molar-refractivity contribution in [2.75, 3.05) is 164 Å². The second-order valence-corrected chi connectivity index (χ2v) is 10.4. The number of esters is 1. The van der Waals surface area contributed by atoms with Gasteiger partial charge in [0.05, 0.1) is 174 Å². The lowest BCUT2D eigenvalue weighted by molar-refractivity contribution is -0.393. The molecule has 0 aliphatic carbocycles. The summed E-state index contributed by atoms with van der Waals surface area (Å²) in [5.41, 5.74) is -0.537. The van der Waals surface area contributed by atoms with E-state index < -0.39 is 9.85 Å².